The number of hydrogen-bond acceptors (Lipinski definition) is 2. The van der Waals surface area contributed by atoms with Gasteiger partial charge in [0, 0.05) is 6.42 Å². The molecule has 0 aliphatic carbocycles. The first-order valence-electron chi connectivity index (χ1n) is 11.2. The van der Waals surface area contributed by atoms with Gasteiger partial charge in [-0.15, -0.1) is 0 Å². The number of ether oxygens (including phenoxy) is 1. The minimum Gasteiger partial charge on any atom is -0.461 e. The summed E-state index contributed by atoms with van der Waals surface area (Å²) < 4.78 is 5.18. The first-order valence-corrected chi connectivity index (χ1v) is 11.2. The Kier molecular flexibility index (Phi) is 15.9. The zero-order chi connectivity index (χ0) is 19.8. The molecule has 2 heteroatoms. The number of rotatable bonds is 16. The molecule has 0 saturated carbocycles. The predicted molar refractivity (Wildman–Crippen MR) is 114 cm³/mol. The van der Waals surface area contributed by atoms with E-state index in [1.54, 1.807) is 0 Å². The molecule has 0 rings (SSSR count). The quantitative estimate of drug-likeness (QED) is 0.206. The molecule has 2 nitrogen and oxygen atoms in total. The first kappa shape index (κ1) is 25.2. The molecule has 0 spiro atoms. The summed E-state index contributed by atoms with van der Waals surface area (Å²) in [6.07, 6.45) is 15.5. The smallest absolute Gasteiger partial charge is 0.306 e. The molecule has 0 N–H and O–H groups in total. The second-order valence-electron chi connectivity index (χ2n) is 8.84. The molecule has 0 radical (unpaired) electrons. The summed E-state index contributed by atoms with van der Waals surface area (Å²) in [5.74, 6) is 2.49. The van der Waals surface area contributed by atoms with E-state index in [1.807, 2.05) is 6.92 Å². The first-order chi connectivity index (χ1) is 12.3. The minimum atomic E-state index is -0.0800. The van der Waals surface area contributed by atoms with Crippen molar-refractivity contribution in [3.8, 4) is 0 Å². The van der Waals surface area contributed by atoms with Crippen molar-refractivity contribution in [1.29, 1.82) is 0 Å². The third kappa shape index (κ3) is 16.7. The molecule has 0 heterocycles. The maximum atomic E-state index is 11.3. The maximum absolute atomic E-state index is 11.3. The molecule has 26 heavy (non-hydrogen) atoms. The van der Waals surface area contributed by atoms with E-state index >= 15 is 0 Å². The van der Waals surface area contributed by atoms with E-state index in [1.165, 1.54) is 56.9 Å². The average molecular weight is 367 g/mol. The Morgan fingerprint density at radius 1 is 0.846 bits per heavy atom. The average Bonchev–Trinajstić information content (AvgIpc) is 2.54. The van der Waals surface area contributed by atoms with Crippen LogP contribution in [0.1, 0.15) is 112 Å². The molecule has 0 fully saturated rings. The zero-order valence-electron chi connectivity index (χ0n) is 18.6. The standard InChI is InChI=1S/C24H46O2/c1-7-11-24(25)26-19-18-23(6)17-10-16-22(5)15-9-14-21(4)13-8-12-20(2)3/h18,20-22H,7-17,19H2,1-6H3/b23-18+/t21-,22-/m1/s1. The number of allylic oxidation sites excluding steroid dienone is 1. The molecule has 2 atom stereocenters. The largest absolute Gasteiger partial charge is 0.461 e. The second-order valence-corrected chi connectivity index (χ2v) is 8.84. The van der Waals surface area contributed by atoms with Gasteiger partial charge in [-0.05, 0) is 50.0 Å². The lowest BCUT2D eigenvalue weighted by Crippen LogP contribution is -2.03. The molecule has 0 aromatic rings. The number of carbonyl (C=O) groups is 1. The molecular weight excluding hydrogens is 320 g/mol. The summed E-state index contributed by atoms with van der Waals surface area (Å²) >= 11 is 0. The van der Waals surface area contributed by atoms with Crippen molar-refractivity contribution in [1.82, 2.24) is 0 Å². The van der Waals surface area contributed by atoms with Crippen molar-refractivity contribution in [3.05, 3.63) is 11.6 Å². The molecule has 0 saturated heterocycles. The van der Waals surface area contributed by atoms with E-state index in [2.05, 4.69) is 40.7 Å². The Balaban J connectivity index is 3.66. The van der Waals surface area contributed by atoms with Crippen LogP contribution in [0.15, 0.2) is 11.6 Å². The van der Waals surface area contributed by atoms with Gasteiger partial charge in [-0.25, -0.2) is 0 Å². The van der Waals surface area contributed by atoms with Crippen molar-refractivity contribution >= 4 is 5.97 Å². The Morgan fingerprint density at radius 2 is 1.38 bits per heavy atom. The Morgan fingerprint density at radius 3 is 1.92 bits per heavy atom. The molecular formula is C24H46O2. The Hall–Kier alpha value is -0.790. The fourth-order valence-electron chi connectivity index (χ4n) is 3.36. The highest BCUT2D eigenvalue weighted by Crippen LogP contribution is 2.22. The van der Waals surface area contributed by atoms with E-state index in [0.717, 1.165) is 30.6 Å². The Labute approximate surface area is 164 Å². The van der Waals surface area contributed by atoms with Gasteiger partial charge in [-0.1, -0.05) is 85.1 Å². The summed E-state index contributed by atoms with van der Waals surface area (Å²) in [5, 5.41) is 0. The molecule has 0 aliphatic rings. The fourth-order valence-corrected chi connectivity index (χ4v) is 3.36. The molecule has 154 valence electrons. The van der Waals surface area contributed by atoms with Gasteiger partial charge in [0.25, 0.3) is 0 Å². The van der Waals surface area contributed by atoms with Gasteiger partial charge in [0.15, 0.2) is 0 Å². The third-order valence-electron chi connectivity index (χ3n) is 5.27. The van der Waals surface area contributed by atoms with E-state index in [4.69, 9.17) is 4.74 Å². The Bertz CT molecular complexity index is 370. The van der Waals surface area contributed by atoms with Gasteiger partial charge < -0.3 is 4.74 Å². The van der Waals surface area contributed by atoms with E-state index in [0.29, 0.717) is 13.0 Å². The van der Waals surface area contributed by atoms with Gasteiger partial charge in [-0.2, -0.15) is 0 Å². The van der Waals surface area contributed by atoms with E-state index in [-0.39, 0.29) is 5.97 Å². The van der Waals surface area contributed by atoms with Crippen LogP contribution >= 0.6 is 0 Å². The molecule has 0 bridgehead atoms. The van der Waals surface area contributed by atoms with Gasteiger partial charge in [0.1, 0.15) is 6.61 Å². The van der Waals surface area contributed by atoms with Gasteiger partial charge in [0.2, 0.25) is 0 Å². The highest BCUT2D eigenvalue weighted by Gasteiger charge is 2.07. The summed E-state index contributed by atoms with van der Waals surface area (Å²) in [6.45, 7) is 14.1. The van der Waals surface area contributed by atoms with Crippen molar-refractivity contribution in [3.63, 3.8) is 0 Å². The SMILES string of the molecule is CCCC(=O)OC/C=C(\C)CCC[C@H](C)CCC[C@H](C)CCCC(C)C. The highest BCUT2D eigenvalue weighted by atomic mass is 16.5. The van der Waals surface area contributed by atoms with Crippen LogP contribution in [0.3, 0.4) is 0 Å². The monoisotopic (exact) mass is 366 g/mol. The fraction of sp³-hybridized carbons (Fsp3) is 0.875. The summed E-state index contributed by atoms with van der Waals surface area (Å²) in [6, 6.07) is 0. The van der Waals surface area contributed by atoms with Crippen molar-refractivity contribution < 1.29 is 9.53 Å². The van der Waals surface area contributed by atoms with Crippen LogP contribution in [0, 0.1) is 17.8 Å². The second kappa shape index (κ2) is 16.4. The van der Waals surface area contributed by atoms with Crippen molar-refractivity contribution in [2.75, 3.05) is 6.61 Å². The van der Waals surface area contributed by atoms with Crippen molar-refractivity contribution in [2.24, 2.45) is 17.8 Å². The van der Waals surface area contributed by atoms with Gasteiger partial charge in [0.05, 0.1) is 0 Å². The van der Waals surface area contributed by atoms with E-state index in [9.17, 15) is 4.79 Å². The number of esters is 1. The van der Waals surface area contributed by atoms with Crippen LogP contribution in [-0.2, 0) is 9.53 Å². The minimum absolute atomic E-state index is 0.0800. The number of hydrogen-bond donors (Lipinski definition) is 0. The molecule has 0 unspecified atom stereocenters. The predicted octanol–water partition coefficient (Wildman–Crippen LogP) is 7.72. The van der Waals surface area contributed by atoms with Crippen LogP contribution < -0.4 is 0 Å². The third-order valence-corrected chi connectivity index (χ3v) is 5.27. The van der Waals surface area contributed by atoms with Crippen LogP contribution in [0.4, 0.5) is 0 Å². The summed E-state index contributed by atoms with van der Waals surface area (Å²) in [4.78, 5) is 11.3. The van der Waals surface area contributed by atoms with Gasteiger partial charge in [-0.3, -0.25) is 4.79 Å². The summed E-state index contributed by atoms with van der Waals surface area (Å²) in [5.41, 5.74) is 1.35. The lowest BCUT2D eigenvalue weighted by atomic mass is 9.91. The van der Waals surface area contributed by atoms with Crippen LogP contribution in [-0.4, -0.2) is 12.6 Å². The molecule has 0 aromatic carbocycles. The summed E-state index contributed by atoms with van der Waals surface area (Å²) in [7, 11) is 0. The van der Waals surface area contributed by atoms with Gasteiger partial charge >= 0.3 is 5.97 Å². The highest BCUT2D eigenvalue weighted by molar-refractivity contribution is 5.69. The van der Waals surface area contributed by atoms with Crippen molar-refractivity contribution in [2.45, 2.75) is 112 Å². The van der Waals surface area contributed by atoms with Crippen LogP contribution in [0.25, 0.3) is 0 Å². The lowest BCUT2D eigenvalue weighted by molar-refractivity contribution is -0.142. The number of carbonyl (C=O) groups excluding carboxylic acids is 1. The molecule has 0 amide bonds. The molecule has 0 aliphatic heterocycles. The zero-order valence-corrected chi connectivity index (χ0v) is 18.6. The normalized spacial score (nSPS) is 14.5. The maximum Gasteiger partial charge on any atom is 0.306 e. The lowest BCUT2D eigenvalue weighted by Gasteiger charge is -2.15. The van der Waals surface area contributed by atoms with Crippen LogP contribution in [0.2, 0.25) is 0 Å². The van der Waals surface area contributed by atoms with E-state index < -0.39 is 0 Å². The van der Waals surface area contributed by atoms with Crippen LogP contribution in [0.5, 0.6) is 0 Å². The topological polar surface area (TPSA) is 26.3 Å². The molecule has 0 aromatic heterocycles.